The van der Waals surface area contributed by atoms with Crippen LogP contribution in [0.3, 0.4) is 0 Å². The molecule has 3 aromatic carbocycles. The number of aryl methyl sites for hydroxylation is 2. The Kier molecular flexibility index (Phi) is 6.79. The van der Waals surface area contributed by atoms with E-state index in [-0.39, 0.29) is 48.4 Å². The van der Waals surface area contributed by atoms with Gasteiger partial charge in [0.15, 0.2) is 0 Å². The van der Waals surface area contributed by atoms with Crippen LogP contribution in [0.2, 0.25) is 0 Å². The Morgan fingerprint density at radius 3 is 2.56 bits per heavy atom. The zero-order valence-corrected chi connectivity index (χ0v) is 20.5. The Morgan fingerprint density at radius 1 is 1.03 bits per heavy atom. The van der Waals surface area contributed by atoms with E-state index in [1.54, 1.807) is 18.5 Å². The van der Waals surface area contributed by atoms with Gasteiger partial charge in [-0.15, -0.1) is 24.8 Å². The summed E-state index contributed by atoms with van der Waals surface area (Å²) in [6.07, 6.45) is 3.36. The number of anilines is 1. The number of benzene rings is 3. The molecule has 4 rings (SSSR count). The smallest absolute Gasteiger partial charge is 0.338 e. The van der Waals surface area contributed by atoms with Crippen molar-refractivity contribution >= 4 is 53.2 Å². The van der Waals surface area contributed by atoms with Crippen LogP contribution in [0.4, 0.5) is 5.69 Å². The molecule has 0 fully saturated rings. The maximum absolute atomic E-state index is 13.0. The van der Waals surface area contributed by atoms with Crippen LogP contribution in [-0.4, -0.2) is 23.4 Å². The first-order valence-corrected chi connectivity index (χ1v) is 10.4. The molecule has 4 aromatic rings. The lowest BCUT2D eigenvalue weighted by Gasteiger charge is -2.16. The van der Waals surface area contributed by atoms with E-state index in [0.29, 0.717) is 11.3 Å². The Bertz CT molecular complexity index is 1630. The molecule has 1 amide bonds. The Hall–Kier alpha value is -3.45. The summed E-state index contributed by atoms with van der Waals surface area (Å²) in [6, 6.07) is 15.8. The normalized spacial score (nSPS) is 15.5. The van der Waals surface area contributed by atoms with Crippen molar-refractivity contribution in [2.24, 2.45) is 5.73 Å². The third-order valence-corrected chi connectivity index (χ3v) is 5.27. The van der Waals surface area contributed by atoms with Crippen LogP contribution in [0.25, 0.3) is 10.8 Å². The second kappa shape index (κ2) is 13.0. The monoisotopic (exact) mass is 533 g/mol. The van der Waals surface area contributed by atoms with Crippen LogP contribution in [0.1, 0.15) is 49.5 Å². The molecule has 1 unspecified atom stereocenters. The van der Waals surface area contributed by atoms with Gasteiger partial charge in [-0.3, -0.25) is 9.78 Å². The Labute approximate surface area is 234 Å². The van der Waals surface area contributed by atoms with Crippen LogP contribution in [-0.2, 0) is 16.1 Å². The fraction of sp³-hybridized carbons (Fsp3) is 0.179. The highest BCUT2D eigenvalue weighted by atomic mass is 35.5. The SMILES string of the molecule is Cl.Cl.[2H]C([2H])([2H])c1ccc(C(=O)OC([2H])([2H])c2ccc(C(CN)C(=O)Nc3ccc4cnccc4c3)cc2)c(C([2H])([2H])[2H])c1. The summed E-state index contributed by atoms with van der Waals surface area (Å²) in [6.45, 7) is -8.18. The molecule has 0 aliphatic rings. The molecular weight excluding hydrogens is 497 g/mol. The van der Waals surface area contributed by atoms with E-state index in [0.717, 1.165) is 29.0 Å². The van der Waals surface area contributed by atoms with Gasteiger partial charge in [0.25, 0.3) is 0 Å². The van der Waals surface area contributed by atoms with Gasteiger partial charge in [-0.1, -0.05) is 48.0 Å². The topological polar surface area (TPSA) is 94.3 Å². The molecule has 6 nitrogen and oxygen atoms in total. The average Bonchev–Trinajstić information content (AvgIpc) is 2.92. The number of carbonyl (C=O) groups is 2. The second-order valence-electron chi connectivity index (χ2n) is 7.59. The zero-order valence-electron chi connectivity index (χ0n) is 26.9. The maximum atomic E-state index is 13.0. The van der Waals surface area contributed by atoms with Crippen molar-refractivity contribution in [2.75, 3.05) is 11.9 Å². The average molecular weight is 535 g/mol. The number of nitrogens with zero attached hydrogens (tertiary/aromatic N) is 1. The van der Waals surface area contributed by atoms with Gasteiger partial charge >= 0.3 is 5.97 Å². The van der Waals surface area contributed by atoms with E-state index in [1.807, 2.05) is 18.2 Å². The summed E-state index contributed by atoms with van der Waals surface area (Å²) in [4.78, 5) is 30.0. The van der Waals surface area contributed by atoms with E-state index in [4.69, 9.17) is 21.4 Å². The third kappa shape index (κ3) is 6.82. The van der Waals surface area contributed by atoms with Crippen LogP contribution >= 0.6 is 24.8 Å². The van der Waals surface area contributed by atoms with Crippen LogP contribution < -0.4 is 11.1 Å². The van der Waals surface area contributed by atoms with E-state index in [2.05, 4.69) is 10.3 Å². The van der Waals surface area contributed by atoms with Gasteiger partial charge in [-0.05, 0) is 60.0 Å². The molecule has 1 aromatic heterocycles. The van der Waals surface area contributed by atoms with Crippen LogP contribution in [0, 0.1) is 13.7 Å². The lowest BCUT2D eigenvalue weighted by atomic mass is 9.97. The van der Waals surface area contributed by atoms with Crippen molar-refractivity contribution in [2.45, 2.75) is 26.2 Å². The van der Waals surface area contributed by atoms with Gasteiger partial charge in [-0.2, -0.15) is 0 Å². The van der Waals surface area contributed by atoms with Crippen molar-refractivity contribution < 1.29 is 25.3 Å². The molecule has 36 heavy (non-hydrogen) atoms. The lowest BCUT2D eigenvalue weighted by Crippen LogP contribution is -2.27. The molecule has 0 spiro atoms. The predicted octanol–water partition coefficient (Wildman–Crippen LogP) is 5.73. The van der Waals surface area contributed by atoms with Crippen LogP contribution in [0.5, 0.6) is 0 Å². The van der Waals surface area contributed by atoms with Gasteiger partial charge < -0.3 is 15.8 Å². The highest BCUT2D eigenvalue weighted by Gasteiger charge is 2.19. The minimum absolute atomic E-state index is 0. The van der Waals surface area contributed by atoms with Crippen molar-refractivity contribution in [1.82, 2.24) is 4.98 Å². The predicted molar refractivity (Wildman–Crippen MR) is 148 cm³/mol. The number of hydrogen-bond acceptors (Lipinski definition) is 5. The zero-order chi connectivity index (χ0) is 30.9. The van der Waals surface area contributed by atoms with Crippen molar-refractivity contribution in [3.63, 3.8) is 0 Å². The molecule has 1 heterocycles. The van der Waals surface area contributed by atoms with E-state index in [9.17, 15) is 9.59 Å². The first-order chi connectivity index (χ1) is 19.6. The molecule has 0 aliphatic carbocycles. The second-order valence-corrected chi connectivity index (χ2v) is 7.59. The molecular formula is C28H29Cl2N3O3. The standard InChI is InChI=1S/C28H27N3O3.2ClH/c1-18-3-10-25(19(2)13-18)28(33)34-17-20-4-6-21(7-5-20)26(15-29)27(32)31-24-9-8-23-16-30-12-11-22(23)14-24;;/h3-14,16,26H,15,17,29H2,1-2H3,(H,31,32);2*1H/i1D3,2D3,17D2;;. The minimum atomic E-state index is -2.86. The fourth-order valence-corrected chi connectivity index (χ4v) is 3.45. The largest absolute Gasteiger partial charge is 0.457 e. The molecule has 188 valence electrons. The van der Waals surface area contributed by atoms with E-state index >= 15 is 0 Å². The number of nitrogens with two attached hydrogens (primary N) is 1. The molecule has 0 bridgehead atoms. The number of fused-ring (bicyclic) bond motifs is 1. The first-order valence-electron chi connectivity index (χ1n) is 14.4. The van der Waals surface area contributed by atoms with Crippen molar-refractivity contribution in [3.8, 4) is 0 Å². The van der Waals surface area contributed by atoms with Crippen LogP contribution in [0.15, 0.2) is 79.1 Å². The van der Waals surface area contributed by atoms with Gasteiger partial charge in [0.2, 0.25) is 5.91 Å². The summed E-state index contributed by atoms with van der Waals surface area (Å²) < 4.78 is 67.4. The van der Waals surface area contributed by atoms with Gasteiger partial charge in [0, 0.05) is 38.2 Å². The molecule has 8 heteroatoms. The molecule has 0 radical (unpaired) electrons. The highest BCUT2D eigenvalue weighted by Crippen LogP contribution is 2.22. The molecule has 1 atom stereocenters. The Morgan fingerprint density at radius 2 is 1.83 bits per heavy atom. The third-order valence-electron chi connectivity index (χ3n) is 5.27. The number of hydrogen-bond donors (Lipinski definition) is 2. The Balaban J connectivity index is 0.00000337. The van der Waals surface area contributed by atoms with E-state index in [1.165, 1.54) is 24.3 Å². The number of pyridine rings is 1. The summed E-state index contributed by atoms with van der Waals surface area (Å²) in [5, 5.41) is 4.65. The number of halogens is 2. The maximum Gasteiger partial charge on any atom is 0.338 e. The highest BCUT2D eigenvalue weighted by molar-refractivity contribution is 5.98. The number of aromatic nitrogens is 1. The molecule has 0 saturated carbocycles. The minimum Gasteiger partial charge on any atom is -0.457 e. The number of ether oxygens (including phenoxy) is 1. The molecule has 3 N–H and O–H groups in total. The summed E-state index contributed by atoms with van der Waals surface area (Å²) in [7, 11) is 0. The van der Waals surface area contributed by atoms with Gasteiger partial charge in [0.05, 0.1) is 14.2 Å². The number of nitrogens with one attached hydrogen (secondary N) is 1. The number of carbonyl (C=O) groups excluding carboxylic acids is 2. The summed E-state index contributed by atoms with van der Waals surface area (Å²) in [5.41, 5.74) is 5.57. The molecule has 0 aliphatic heterocycles. The number of amides is 1. The quantitative estimate of drug-likeness (QED) is 0.295. The fourth-order valence-electron chi connectivity index (χ4n) is 3.45. The molecule has 0 saturated heterocycles. The summed E-state index contributed by atoms with van der Waals surface area (Å²) in [5.74, 6) is -2.41. The summed E-state index contributed by atoms with van der Waals surface area (Å²) >= 11 is 0. The number of rotatable bonds is 7. The van der Waals surface area contributed by atoms with Gasteiger partial charge in [-0.25, -0.2) is 4.79 Å². The number of esters is 1. The lowest BCUT2D eigenvalue weighted by molar-refractivity contribution is -0.117. The van der Waals surface area contributed by atoms with Crippen molar-refractivity contribution in [3.05, 3.63) is 107 Å². The van der Waals surface area contributed by atoms with Crippen molar-refractivity contribution in [1.29, 1.82) is 0 Å². The van der Waals surface area contributed by atoms with Gasteiger partial charge in [0.1, 0.15) is 6.56 Å². The first kappa shape index (κ1) is 18.8. The van der Waals surface area contributed by atoms with E-state index < -0.39 is 43.3 Å².